The minimum atomic E-state index is -0.421. The van der Waals surface area contributed by atoms with E-state index >= 15 is 0 Å². The number of nitrogens with zero attached hydrogens (tertiary/aromatic N) is 3. The predicted octanol–water partition coefficient (Wildman–Crippen LogP) is 10.2. The molecule has 9 rings (SSSR count). The highest BCUT2D eigenvalue weighted by atomic mass is 15.3. The number of benzene rings is 7. The summed E-state index contributed by atoms with van der Waals surface area (Å²) in [7, 11) is 0. The fourth-order valence-corrected chi connectivity index (χ4v) is 6.77. The zero-order valence-corrected chi connectivity index (χ0v) is 25.6. The molecule has 0 aliphatic carbocycles. The summed E-state index contributed by atoms with van der Waals surface area (Å²) in [5.74, 6) is 1.50. The van der Waals surface area contributed by atoms with Crippen molar-refractivity contribution in [2.45, 2.75) is 6.29 Å². The molecular weight excluding hydrogens is 573 g/mol. The van der Waals surface area contributed by atoms with E-state index in [1.165, 1.54) is 38.2 Å². The molecule has 1 aliphatic rings. The van der Waals surface area contributed by atoms with Crippen molar-refractivity contribution in [1.82, 2.24) is 9.88 Å². The SMILES string of the molecule is c1ccc(C2=NC(n3c4cc(-c5ccc(-c6ccccc6)cc5)ccc4c4c5ccccc5ccc43)NC(c3ccccc3)=N2)cc1. The van der Waals surface area contributed by atoms with Gasteiger partial charge in [0.15, 0.2) is 5.84 Å². The van der Waals surface area contributed by atoms with Gasteiger partial charge in [-0.25, -0.2) is 9.98 Å². The van der Waals surface area contributed by atoms with Gasteiger partial charge < -0.3 is 9.88 Å². The number of fused-ring (bicyclic) bond motifs is 5. The molecule has 1 aliphatic heterocycles. The van der Waals surface area contributed by atoms with Gasteiger partial charge in [0, 0.05) is 21.9 Å². The van der Waals surface area contributed by atoms with Gasteiger partial charge in [0.05, 0.1) is 11.0 Å². The molecule has 4 heteroatoms. The topological polar surface area (TPSA) is 41.7 Å². The van der Waals surface area contributed by atoms with Gasteiger partial charge in [0.1, 0.15) is 5.84 Å². The number of hydrogen-bond acceptors (Lipinski definition) is 3. The van der Waals surface area contributed by atoms with E-state index in [4.69, 9.17) is 9.98 Å². The maximum absolute atomic E-state index is 5.28. The highest BCUT2D eigenvalue weighted by molar-refractivity contribution is 6.21. The average molecular weight is 603 g/mol. The third-order valence-electron chi connectivity index (χ3n) is 9.07. The van der Waals surface area contributed by atoms with Crippen molar-refractivity contribution < 1.29 is 0 Å². The Bertz CT molecular complexity index is 2460. The number of aliphatic imine (C=N–C) groups is 2. The van der Waals surface area contributed by atoms with Crippen molar-refractivity contribution >= 4 is 44.2 Å². The molecular formula is C43H30N4. The molecule has 1 N–H and O–H groups in total. The Labute approximate surface area is 273 Å². The summed E-state index contributed by atoms with van der Waals surface area (Å²) < 4.78 is 2.35. The van der Waals surface area contributed by atoms with Crippen LogP contribution in [-0.4, -0.2) is 16.2 Å². The fraction of sp³-hybridized carbons (Fsp3) is 0.0233. The molecule has 1 unspecified atom stereocenters. The Morgan fingerprint density at radius 1 is 0.447 bits per heavy atom. The number of amidine groups is 2. The first kappa shape index (κ1) is 27.1. The Hall–Kier alpha value is -6.26. The number of hydrogen-bond donors (Lipinski definition) is 1. The molecule has 1 atom stereocenters. The fourth-order valence-electron chi connectivity index (χ4n) is 6.77. The van der Waals surface area contributed by atoms with E-state index < -0.39 is 6.29 Å². The summed E-state index contributed by atoms with van der Waals surface area (Å²) in [6.07, 6.45) is -0.421. The average Bonchev–Trinajstić information content (AvgIpc) is 3.50. The van der Waals surface area contributed by atoms with E-state index in [0.717, 1.165) is 33.6 Å². The van der Waals surface area contributed by atoms with Gasteiger partial charge in [-0.1, -0.05) is 158 Å². The van der Waals surface area contributed by atoms with Crippen molar-refractivity contribution in [3.8, 4) is 22.3 Å². The summed E-state index contributed by atoms with van der Waals surface area (Å²) in [4.78, 5) is 10.3. The molecule has 222 valence electrons. The molecule has 4 nitrogen and oxygen atoms in total. The Morgan fingerprint density at radius 2 is 1.02 bits per heavy atom. The van der Waals surface area contributed by atoms with Crippen molar-refractivity contribution in [1.29, 1.82) is 0 Å². The summed E-state index contributed by atoms with van der Waals surface area (Å²) in [6.45, 7) is 0. The highest BCUT2D eigenvalue weighted by Crippen LogP contribution is 2.39. The van der Waals surface area contributed by atoms with Gasteiger partial charge in [-0.2, -0.15) is 0 Å². The van der Waals surface area contributed by atoms with Crippen LogP contribution in [0.3, 0.4) is 0 Å². The van der Waals surface area contributed by atoms with Crippen LogP contribution >= 0.6 is 0 Å². The summed E-state index contributed by atoms with van der Waals surface area (Å²) >= 11 is 0. The van der Waals surface area contributed by atoms with Crippen LogP contribution in [0.5, 0.6) is 0 Å². The minimum Gasteiger partial charge on any atom is -0.331 e. The van der Waals surface area contributed by atoms with Gasteiger partial charge in [-0.05, 0) is 45.2 Å². The second-order valence-corrected chi connectivity index (χ2v) is 11.9. The van der Waals surface area contributed by atoms with E-state index in [0.29, 0.717) is 5.84 Å². The van der Waals surface area contributed by atoms with Gasteiger partial charge in [-0.3, -0.25) is 0 Å². The first-order chi connectivity index (χ1) is 23.3. The van der Waals surface area contributed by atoms with Crippen LogP contribution in [0.1, 0.15) is 17.4 Å². The maximum atomic E-state index is 5.28. The van der Waals surface area contributed by atoms with Crippen LogP contribution in [0.4, 0.5) is 0 Å². The van der Waals surface area contributed by atoms with Crippen LogP contribution in [0, 0.1) is 0 Å². The van der Waals surface area contributed by atoms with Gasteiger partial charge >= 0.3 is 0 Å². The lowest BCUT2D eigenvalue weighted by Gasteiger charge is -2.26. The second kappa shape index (κ2) is 11.3. The number of rotatable bonds is 5. The second-order valence-electron chi connectivity index (χ2n) is 11.9. The molecule has 2 heterocycles. The van der Waals surface area contributed by atoms with E-state index in [9.17, 15) is 0 Å². The Kier molecular flexibility index (Phi) is 6.50. The summed E-state index contributed by atoms with van der Waals surface area (Å²) in [6, 6.07) is 59.8. The molecule has 8 aromatic rings. The lowest BCUT2D eigenvalue weighted by Crippen LogP contribution is -2.36. The largest absolute Gasteiger partial charge is 0.331 e. The van der Waals surface area contributed by atoms with Crippen LogP contribution in [0.2, 0.25) is 0 Å². The first-order valence-corrected chi connectivity index (χ1v) is 16.0. The zero-order chi connectivity index (χ0) is 31.2. The molecule has 0 bridgehead atoms. The Morgan fingerprint density at radius 3 is 1.74 bits per heavy atom. The monoisotopic (exact) mass is 602 g/mol. The molecule has 7 aromatic carbocycles. The maximum Gasteiger partial charge on any atom is 0.204 e. The molecule has 47 heavy (non-hydrogen) atoms. The van der Waals surface area contributed by atoms with Crippen molar-refractivity contribution in [3.63, 3.8) is 0 Å². The van der Waals surface area contributed by atoms with Crippen LogP contribution in [0.25, 0.3) is 54.8 Å². The predicted molar refractivity (Wildman–Crippen MR) is 196 cm³/mol. The Balaban J connectivity index is 1.26. The van der Waals surface area contributed by atoms with Gasteiger partial charge in [-0.15, -0.1) is 0 Å². The minimum absolute atomic E-state index is 0.421. The number of nitrogens with one attached hydrogen (secondary N) is 1. The zero-order valence-electron chi connectivity index (χ0n) is 25.6. The standard InChI is InChI=1S/C43H30N4/c1-4-12-29(13-5-1)30-20-22-31(23-21-30)35-24-26-37-39(28-35)47(38-27-25-32-14-10-11-19-36(32)40(37)38)43-45-41(33-15-6-2-7-16-33)44-42(46-43)34-17-8-3-9-18-34/h1-28,43H,(H,44,45,46). The van der Waals surface area contributed by atoms with E-state index in [-0.39, 0.29) is 0 Å². The molecule has 0 saturated carbocycles. The molecule has 0 fully saturated rings. The van der Waals surface area contributed by atoms with Crippen molar-refractivity contribution in [2.75, 3.05) is 0 Å². The molecule has 1 aromatic heterocycles. The molecule has 0 amide bonds. The van der Waals surface area contributed by atoms with E-state index in [2.05, 4.69) is 143 Å². The van der Waals surface area contributed by atoms with Gasteiger partial charge in [0.2, 0.25) is 6.29 Å². The highest BCUT2D eigenvalue weighted by Gasteiger charge is 2.25. The first-order valence-electron chi connectivity index (χ1n) is 16.0. The summed E-state index contributed by atoms with van der Waals surface area (Å²) in [5.41, 5.74) is 8.99. The lowest BCUT2D eigenvalue weighted by atomic mass is 9.99. The lowest BCUT2D eigenvalue weighted by molar-refractivity contribution is 0.516. The van der Waals surface area contributed by atoms with E-state index in [1.54, 1.807) is 0 Å². The van der Waals surface area contributed by atoms with Crippen molar-refractivity contribution in [2.24, 2.45) is 9.98 Å². The third kappa shape index (κ3) is 4.79. The van der Waals surface area contributed by atoms with E-state index in [1.807, 2.05) is 36.4 Å². The third-order valence-corrected chi connectivity index (χ3v) is 9.07. The molecule has 0 saturated heterocycles. The number of aromatic nitrogens is 1. The van der Waals surface area contributed by atoms with Crippen LogP contribution in [0.15, 0.2) is 180 Å². The molecule has 0 spiro atoms. The van der Waals surface area contributed by atoms with Gasteiger partial charge in [0.25, 0.3) is 0 Å². The quantitative estimate of drug-likeness (QED) is 0.209. The summed E-state index contributed by atoms with van der Waals surface area (Å²) in [5, 5.41) is 8.59. The molecule has 0 radical (unpaired) electrons. The van der Waals surface area contributed by atoms with Crippen molar-refractivity contribution in [3.05, 3.63) is 181 Å². The van der Waals surface area contributed by atoms with Crippen LogP contribution < -0.4 is 5.32 Å². The van der Waals surface area contributed by atoms with Crippen LogP contribution in [-0.2, 0) is 0 Å². The smallest absolute Gasteiger partial charge is 0.204 e. The normalized spacial score (nSPS) is 14.6.